The maximum Gasteiger partial charge on any atom is 0.227 e. The summed E-state index contributed by atoms with van der Waals surface area (Å²) in [6.07, 6.45) is 1.66. The summed E-state index contributed by atoms with van der Waals surface area (Å²) in [6, 6.07) is 17.6. The zero-order valence-corrected chi connectivity index (χ0v) is 15.8. The van der Waals surface area contributed by atoms with Gasteiger partial charge in [0.2, 0.25) is 11.8 Å². The number of hydrogen-bond donors (Lipinski definition) is 0. The third kappa shape index (κ3) is 5.33. The van der Waals surface area contributed by atoms with Crippen LogP contribution < -0.4 is 4.74 Å². The van der Waals surface area contributed by atoms with Gasteiger partial charge in [-0.05, 0) is 29.7 Å². The van der Waals surface area contributed by atoms with Gasteiger partial charge in [0, 0.05) is 32.6 Å². The van der Waals surface area contributed by atoms with Gasteiger partial charge in [-0.15, -0.1) is 0 Å². The third-order valence-electron chi connectivity index (χ3n) is 4.97. The van der Waals surface area contributed by atoms with E-state index in [0.717, 1.165) is 17.7 Å². The molecule has 5 heteroatoms. The first-order chi connectivity index (χ1) is 13.2. The molecule has 1 aliphatic rings. The minimum Gasteiger partial charge on any atom is -0.497 e. The molecule has 0 radical (unpaired) electrons. The van der Waals surface area contributed by atoms with Gasteiger partial charge in [-0.1, -0.05) is 42.5 Å². The van der Waals surface area contributed by atoms with Crippen molar-refractivity contribution in [3.63, 3.8) is 0 Å². The smallest absolute Gasteiger partial charge is 0.227 e. The molecule has 0 unspecified atom stereocenters. The number of methoxy groups -OCH3 is 1. The van der Waals surface area contributed by atoms with Crippen molar-refractivity contribution in [3.8, 4) is 5.75 Å². The molecule has 0 saturated carbocycles. The number of ether oxygens (including phenoxy) is 1. The van der Waals surface area contributed by atoms with E-state index in [1.54, 1.807) is 7.11 Å². The lowest BCUT2D eigenvalue weighted by atomic mass is 10.1. The van der Waals surface area contributed by atoms with Gasteiger partial charge in [-0.3, -0.25) is 9.59 Å². The van der Waals surface area contributed by atoms with E-state index >= 15 is 0 Å². The molecule has 2 aromatic rings. The fourth-order valence-corrected chi connectivity index (χ4v) is 3.29. The molecule has 0 bridgehead atoms. The van der Waals surface area contributed by atoms with E-state index in [-0.39, 0.29) is 11.8 Å². The number of carbonyl (C=O) groups excluding carboxylic acids is 2. The van der Waals surface area contributed by atoms with Crippen LogP contribution in [0.1, 0.15) is 17.5 Å². The van der Waals surface area contributed by atoms with E-state index < -0.39 is 0 Å². The minimum atomic E-state index is 0.108. The van der Waals surface area contributed by atoms with Crippen LogP contribution >= 0.6 is 0 Å². The highest BCUT2D eigenvalue weighted by molar-refractivity contribution is 5.80. The highest BCUT2D eigenvalue weighted by Gasteiger charge is 2.23. The number of nitrogens with zero attached hydrogens (tertiary/aromatic N) is 2. The van der Waals surface area contributed by atoms with E-state index in [0.29, 0.717) is 39.0 Å². The Hall–Kier alpha value is -2.82. The Balaban J connectivity index is 1.43. The van der Waals surface area contributed by atoms with Gasteiger partial charge in [-0.2, -0.15) is 0 Å². The summed E-state index contributed by atoms with van der Waals surface area (Å²) in [6.45, 7) is 2.43. The van der Waals surface area contributed by atoms with Gasteiger partial charge >= 0.3 is 0 Å². The Morgan fingerprint density at radius 1 is 0.815 bits per heavy atom. The zero-order chi connectivity index (χ0) is 19.1. The second kappa shape index (κ2) is 9.21. The van der Waals surface area contributed by atoms with Crippen molar-refractivity contribution in [2.75, 3.05) is 33.3 Å². The Kier molecular flexibility index (Phi) is 6.47. The summed E-state index contributed by atoms with van der Waals surface area (Å²) >= 11 is 0. The van der Waals surface area contributed by atoms with Crippen LogP contribution in [-0.4, -0.2) is 54.9 Å². The van der Waals surface area contributed by atoms with Crippen LogP contribution in [0.25, 0.3) is 0 Å². The van der Waals surface area contributed by atoms with Crippen molar-refractivity contribution < 1.29 is 14.3 Å². The summed E-state index contributed by atoms with van der Waals surface area (Å²) in [5.74, 6) is 1.06. The molecule has 5 nitrogen and oxygen atoms in total. The first kappa shape index (κ1) is 19.0. The maximum atomic E-state index is 12.5. The molecule has 1 saturated heterocycles. The zero-order valence-electron chi connectivity index (χ0n) is 15.8. The van der Waals surface area contributed by atoms with Gasteiger partial charge in [0.15, 0.2) is 0 Å². The molecule has 0 atom stereocenters. The van der Waals surface area contributed by atoms with Crippen molar-refractivity contribution >= 4 is 11.8 Å². The first-order valence-corrected chi connectivity index (χ1v) is 9.38. The van der Waals surface area contributed by atoms with Gasteiger partial charge in [-0.25, -0.2) is 0 Å². The van der Waals surface area contributed by atoms with Crippen molar-refractivity contribution in [1.82, 2.24) is 9.80 Å². The molecule has 0 spiro atoms. The summed E-state index contributed by atoms with van der Waals surface area (Å²) in [4.78, 5) is 28.6. The van der Waals surface area contributed by atoms with Gasteiger partial charge in [0.25, 0.3) is 0 Å². The van der Waals surface area contributed by atoms with E-state index in [9.17, 15) is 9.59 Å². The lowest BCUT2D eigenvalue weighted by Gasteiger charge is -2.35. The average Bonchev–Trinajstić information content (AvgIpc) is 2.73. The summed E-state index contributed by atoms with van der Waals surface area (Å²) in [5.41, 5.74) is 2.15. The lowest BCUT2D eigenvalue weighted by molar-refractivity contribution is -0.139. The molecule has 2 aromatic carbocycles. The van der Waals surface area contributed by atoms with Crippen molar-refractivity contribution in [2.45, 2.75) is 19.3 Å². The van der Waals surface area contributed by atoms with Crippen LogP contribution in [0.4, 0.5) is 0 Å². The number of aryl methyl sites for hydroxylation is 1. The number of rotatable bonds is 6. The van der Waals surface area contributed by atoms with Crippen LogP contribution in [-0.2, 0) is 22.4 Å². The van der Waals surface area contributed by atoms with Crippen molar-refractivity contribution in [2.24, 2.45) is 0 Å². The predicted molar refractivity (Wildman–Crippen MR) is 105 cm³/mol. The molecule has 0 aromatic heterocycles. The monoisotopic (exact) mass is 366 g/mol. The molecule has 2 amide bonds. The SMILES string of the molecule is COc1ccc(CC(=O)N2CCN(C(=O)CCc3ccccc3)CC2)cc1. The quantitative estimate of drug-likeness (QED) is 0.789. The van der Waals surface area contributed by atoms with E-state index in [1.165, 1.54) is 5.56 Å². The minimum absolute atomic E-state index is 0.108. The predicted octanol–water partition coefficient (Wildman–Crippen LogP) is 2.54. The fourth-order valence-electron chi connectivity index (χ4n) is 3.29. The number of hydrogen-bond acceptors (Lipinski definition) is 3. The standard InChI is InChI=1S/C22H26N2O3/c1-27-20-10-7-19(8-11-20)17-22(26)24-15-13-23(14-16-24)21(25)12-9-18-5-3-2-4-6-18/h2-8,10-11H,9,12-17H2,1H3. The van der Waals surface area contributed by atoms with Crippen molar-refractivity contribution in [3.05, 3.63) is 65.7 Å². The number of piperazine rings is 1. The molecule has 1 heterocycles. The second-order valence-electron chi connectivity index (χ2n) is 6.77. The molecule has 0 N–H and O–H groups in total. The molecular weight excluding hydrogens is 340 g/mol. The molecule has 1 fully saturated rings. The second-order valence-corrected chi connectivity index (χ2v) is 6.77. The van der Waals surface area contributed by atoms with E-state index in [2.05, 4.69) is 0 Å². The Morgan fingerprint density at radius 3 is 2.00 bits per heavy atom. The highest BCUT2D eigenvalue weighted by atomic mass is 16.5. The van der Waals surface area contributed by atoms with E-state index in [1.807, 2.05) is 64.4 Å². The first-order valence-electron chi connectivity index (χ1n) is 9.38. The van der Waals surface area contributed by atoms with Crippen LogP contribution in [0, 0.1) is 0 Å². The number of benzene rings is 2. The Morgan fingerprint density at radius 2 is 1.41 bits per heavy atom. The van der Waals surface area contributed by atoms with Crippen LogP contribution in [0.5, 0.6) is 5.75 Å². The van der Waals surface area contributed by atoms with Gasteiger partial charge in [0.1, 0.15) is 5.75 Å². The number of amides is 2. The molecule has 0 aliphatic carbocycles. The normalized spacial score (nSPS) is 14.1. The molecular formula is C22H26N2O3. The lowest BCUT2D eigenvalue weighted by Crippen LogP contribution is -2.51. The average molecular weight is 366 g/mol. The number of carbonyl (C=O) groups is 2. The molecule has 3 rings (SSSR count). The van der Waals surface area contributed by atoms with Gasteiger partial charge in [0.05, 0.1) is 13.5 Å². The van der Waals surface area contributed by atoms with Crippen LogP contribution in [0.2, 0.25) is 0 Å². The topological polar surface area (TPSA) is 49.9 Å². The molecule has 27 heavy (non-hydrogen) atoms. The third-order valence-corrected chi connectivity index (χ3v) is 4.97. The fraction of sp³-hybridized carbons (Fsp3) is 0.364. The maximum absolute atomic E-state index is 12.5. The van der Waals surface area contributed by atoms with Crippen molar-refractivity contribution in [1.29, 1.82) is 0 Å². The summed E-state index contributed by atoms with van der Waals surface area (Å²) in [5, 5.41) is 0. The molecule has 1 aliphatic heterocycles. The Bertz CT molecular complexity index is 751. The largest absolute Gasteiger partial charge is 0.497 e. The highest BCUT2D eigenvalue weighted by Crippen LogP contribution is 2.14. The van der Waals surface area contributed by atoms with E-state index in [4.69, 9.17) is 4.74 Å². The Labute approximate surface area is 160 Å². The molecule has 142 valence electrons. The van der Waals surface area contributed by atoms with Crippen LogP contribution in [0.3, 0.4) is 0 Å². The summed E-state index contributed by atoms with van der Waals surface area (Å²) < 4.78 is 5.14. The van der Waals surface area contributed by atoms with Crippen LogP contribution in [0.15, 0.2) is 54.6 Å². The summed E-state index contributed by atoms with van der Waals surface area (Å²) in [7, 11) is 1.63. The van der Waals surface area contributed by atoms with Gasteiger partial charge < -0.3 is 14.5 Å².